The molecule has 0 bridgehead atoms. The molecule has 7 heteroatoms. The highest BCUT2D eigenvalue weighted by Crippen LogP contribution is 2.36. The van der Waals surface area contributed by atoms with Gasteiger partial charge in [-0.25, -0.2) is 0 Å². The fourth-order valence-electron chi connectivity index (χ4n) is 2.55. The van der Waals surface area contributed by atoms with Gasteiger partial charge in [0.25, 0.3) is 0 Å². The average Bonchev–Trinajstić information content (AvgIpc) is 3.01. The van der Waals surface area contributed by atoms with Gasteiger partial charge in [-0.1, -0.05) is 12.1 Å². The molecule has 0 fully saturated rings. The maximum atomic E-state index is 10.1. The van der Waals surface area contributed by atoms with E-state index in [0.29, 0.717) is 16.9 Å². The van der Waals surface area contributed by atoms with Crippen LogP contribution in [0.1, 0.15) is 0 Å². The first-order valence-electron chi connectivity index (χ1n) is 7.27. The first-order chi connectivity index (χ1) is 11.7. The van der Waals surface area contributed by atoms with E-state index in [9.17, 15) is 10.2 Å². The fourth-order valence-corrected chi connectivity index (χ4v) is 2.55. The molecule has 0 atom stereocenters. The molecule has 2 heterocycles. The number of nitrogens with one attached hydrogen (secondary N) is 2. The quantitative estimate of drug-likeness (QED) is 0.432. The molecule has 0 radical (unpaired) electrons. The summed E-state index contributed by atoms with van der Waals surface area (Å²) in [5.41, 5.74) is 3.21. The number of phenolic OH excluding ortho intramolecular Hbond substituents is 2. The van der Waals surface area contributed by atoms with E-state index >= 15 is 0 Å². The minimum absolute atomic E-state index is 0.121. The van der Waals surface area contributed by atoms with Gasteiger partial charge in [-0.05, 0) is 41.6 Å². The van der Waals surface area contributed by atoms with E-state index in [1.54, 1.807) is 48.7 Å². The average molecular weight is 319 g/mol. The van der Waals surface area contributed by atoms with Crippen molar-refractivity contribution in [1.29, 1.82) is 0 Å². The molecule has 2 aromatic heterocycles. The molecule has 4 rings (SSSR count). The van der Waals surface area contributed by atoms with Gasteiger partial charge in [0, 0.05) is 17.4 Å². The second-order valence-electron chi connectivity index (χ2n) is 5.25. The van der Waals surface area contributed by atoms with Gasteiger partial charge in [0.1, 0.15) is 17.2 Å². The molecule has 2 aromatic carbocycles. The Labute approximate surface area is 136 Å². The third-order valence-electron chi connectivity index (χ3n) is 3.69. The van der Waals surface area contributed by atoms with Crippen molar-refractivity contribution in [2.24, 2.45) is 0 Å². The maximum Gasteiger partial charge on any atom is 0.166 e. The Hall–Kier alpha value is -3.61. The monoisotopic (exact) mass is 319 g/mol. The van der Waals surface area contributed by atoms with Crippen LogP contribution in [-0.2, 0) is 0 Å². The third kappa shape index (κ3) is 2.38. The van der Waals surface area contributed by atoms with Crippen LogP contribution < -0.4 is 5.32 Å². The van der Waals surface area contributed by atoms with Crippen LogP contribution in [0.15, 0.2) is 54.7 Å². The summed E-state index contributed by atoms with van der Waals surface area (Å²) >= 11 is 0. The number of para-hydroxylation sites is 1. The number of hydrogen-bond acceptors (Lipinski definition) is 6. The number of aromatic nitrogens is 4. The number of nitrogens with zero attached hydrogens (tertiary/aromatic N) is 3. The summed E-state index contributed by atoms with van der Waals surface area (Å²) in [7, 11) is 0. The van der Waals surface area contributed by atoms with Crippen molar-refractivity contribution in [1.82, 2.24) is 20.4 Å². The zero-order valence-corrected chi connectivity index (χ0v) is 12.4. The lowest BCUT2D eigenvalue weighted by Crippen LogP contribution is -1.95. The van der Waals surface area contributed by atoms with E-state index in [1.807, 2.05) is 6.07 Å². The van der Waals surface area contributed by atoms with Crippen molar-refractivity contribution in [2.75, 3.05) is 5.32 Å². The SMILES string of the molecule is Oc1ccc(Nc2c[nH]c3nnnc(-c4ccccc4O)c23)cc1. The predicted molar refractivity (Wildman–Crippen MR) is 90.2 cm³/mol. The molecule has 7 nitrogen and oxygen atoms in total. The third-order valence-corrected chi connectivity index (χ3v) is 3.69. The van der Waals surface area contributed by atoms with Crippen LogP contribution in [0.2, 0.25) is 0 Å². The zero-order valence-electron chi connectivity index (χ0n) is 12.4. The number of hydrogen-bond donors (Lipinski definition) is 4. The van der Waals surface area contributed by atoms with Crippen LogP contribution in [-0.4, -0.2) is 30.6 Å². The van der Waals surface area contributed by atoms with E-state index in [4.69, 9.17) is 0 Å². The summed E-state index contributed by atoms with van der Waals surface area (Å²) in [6.45, 7) is 0. The van der Waals surface area contributed by atoms with E-state index in [1.165, 1.54) is 0 Å². The number of aromatic hydroxyl groups is 2. The van der Waals surface area contributed by atoms with E-state index < -0.39 is 0 Å². The van der Waals surface area contributed by atoms with Crippen LogP contribution in [0, 0.1) is 0 Å². The van der Waals surface area contributed by atoms with E-state index in [0.717, 1.165) is 16.8 Å². The molecule has 0 aliphatic carbocycles. The van der Waals surface area contributed by atoms with Crippen LogP contribution in [0.5, 0.6) is 11.5 Å². The number of phenols is 2. The van der Waals surface area contributed by atoms with Crippen molar-refractivity contribution in [3.63, 3.8) is 0 Å². The number of H-pyrrole nitrogens is 1. The largest absolute Gasteiger partial charge is 0.508 e. The van der Waals surface area contributed by atoms with Gasteiger partial charge < -0.3 is 20.5 Å². The second kappa shape index (κ2) is 5.54. The normalized spacial score (nSPS) is 10.8. The Bertz CT molecular complexity index is 1010. The topological polar surface area (TPSA) is 107 Å². The summed E-state index contributed by atoms with van der Waals surface area (Å²) in [5.74, 6) is 0.318. The molecule has 0 aliphatic rings. The minimum atomic E-state index is 0.121. The number of benzene rings is 2. The Morgan fingerprint density at radius 3 is 2.50 bits per heavy atom. The molecule has 118 valence electrons. The van der Waals surface area contributed by atoms with Crippen LogP contribution in [0.25, 0.3) is 22.3 Å². The summed E-state index contributed by atoms with van der Waals surface area (Å²) in [4.78, 5) is 3.04. The summed E-state index contributed by atoms with van der Waals surface area (Å²) in [5, 5.41) is 35.3. The minimum Gasteiger partial charge on any atom is -0.508 e. The van der Waals surface area contributed by atoms with Gasteiger partial charge in [0.2, 0.25) is 0 Å². The highest BCUT2D eigenvalue weighted by molar-refractivity contribution is 6.02. The van der Waals surface area contributed by atoms with E-state index in [-0.39, 0.29) is 11.5 Å². The first-order valence-corrected chi connectivity index (χ1v) is 7.27. The number of anilines is 2. The van der Waals surface area contributed by atoms with Gasteiger partial charge in [-0.3, -0.25) is 0 Å². The molecule has 0 aliphatic heterocycles. The van der Waals surface area contributed by atoms with Crippen molar-refractivity contribution in [3.8, 4) is 22.8 Å². The fraction of sp³-hybridized carbons (Fsp3) is 0. The van der Waals surface area contributed by atoms with Crippen molar-refractivity contribution in [3.05, 3.63) is 54.7 Å². The highest BCUT2D eigenvalue weighted by Gasteiger charge is 2.16. The summed E-state index contributed by atoms with van der Waals surface area (Å²) in [6.07, 6.45) is 1.76. The molecule has 24 heavy (non-hydrogen) atoms. The molecule has 0 unspecified atom stereocenters. The maximum absolute atomic E-state index is 10.1. The summed E-state index contributed by atoms with van der Waals surface area (Å²) < 4.78 is 0. The number of fused-ring (bicyclic) bond motifs is 1. The smallest absolute Gasteiger partial charge is 0.166 e. The lowest BCUT2D eigenvalue weighted by molar-refractivity contribution is 0.475. The molecule has 4 aromatic rings. The Morgan fingerprint density at radius 2 is 1.71 bits per heavy atom. The van der Waals surface area contributed by atoms with Crippen LogP contribution in [0.4, 0.5) is 11.4 Å². The number of aromatic amines is 1. The van der Waals surface area contributed by atoms with Gasteiger partial charge in [0.05, 0.1) is 11.1 Å². The van der Waals surface area contributed by atoms with E-state index in [2.05, 4.69) is 25.7 Å². The first kappa shape index (κ1) is 14.0. The molecule has 0 amide bonds. The lowest BCUT2D eigenvalue weighted by atomic mass is 10.1. The zero-order chi connectivity index (χ0) is 16.5. The Morgan fingerprint density at radius 1 is 0.917 bits per heavy atom. The molecule has 0 spiro atoms. The second-order valence-corrected chi connectivity index (χ2v) is 5.25. The molecule has 4 N–H and O–H groups in total. The van der Waals surface area contributed by atoms with Gasteiger partial charge in [-0.15, -0.1) is 10.2 Å². The van der Waals surface area contributed by atoms with Crippen LogP contribution in [0.3, 0.4) is 0 Å². The highest BCUT2D eigenvalue weighted by atomic mass is 16.3. The Balaban J connectivity index is 1.86. The van der Waals surface area contributed by atoms with Gasteiger partial charge in [0.15, 0.2) is 5.65 Å². The molecule has 0 saturated carbocycles. The summed E-state index contributed by atoms with van der Waals surface area (Å²) in [6, 6.07) is 13.7. The number of rotatable bonds is 3. The standard InChI is InChI=1S/C17H13N5O2/c23-11-7-5-10(6-8-11)19-13-9-18-17-15(13)16(20-22-21-17)12-3-1-2-4-14(12)24/h1-9,19,23-24H,(H,18,20,21). The lowest BCUT2D eigenvalue weighted by Gasteiger charge is -2.08. The molecular formula is C17H13N5O2. The van der Waals surface area contributed by atoms with Crippen molar-refractivity contribution < 1.29 is 10.2 Å². The Kier molecular flexibility index (Phi) is 3.24. The van der Waals surface area contributed by atoms with Crippen LogP contribution >= 0.6 is 0 Å². The predicted octanol–water partition coefficient (Wildman–Crippen LogP) is 3.17. The van der Waals surface area contributed by atoms with Gasteiger partial charge in [-0.2, -0.15) is 0 Å². The van der Waals surface area contributed by atoms with Crippen molar-refractivity contribution >= 4 is 22.4 Å². The van der Waals surface area contributed by atoms with Crippen molar-refractivity contribution in [2.45, 2.75) is 0 Å². The molecule has 0 saturated heterocycles. The van der Waals surface area contributed by atoms with Gasteiger partial charge >= 0.3 is 0 Å². The molecular weight excluding hydrogens is 306 g/mol.